The van der Waals surface area contributed by atoms with Gasteiger partial charge >= 0.3 is 0 Å². The fourth-order valence-corrected chi connectivity index (χ4v) is 2.21. The van der Waals surface area contributed by atoms with Crippen LogP contribution in [0.3, 0.4) is 0 Å². The van der Waals surface area contributed by atoms with Crippen molar-refractivity contribution in [2.75, 3.05) is 0 Å². The first kappa shape index (κ1) is 10.3. The molecule has 0 saturated heterocycles. The van der Waals surface area contributed by atoms with Crippen molar-refractivity contribution >= 4 is 11.3 Å². The summed E-state index contributed by atoms with van der Waals surface area (Å²) < 4.78 is 0. The predicted molar refractivity (Wildman–Crippen MR) is 60.2 cm³/mol. The van der Waals surface area contributed by atoms with Crippen molar-refractivity contribution in [3.8, 4) is 11.8 Å². The summed E-state index contributed by atoms with van der Waals surface area (Å²) in [6.07, 6.45) is 2.14. The highest BCUT2D eigenvalue weighted by Crippen LogP contribution is 2.26. The predicted octanol–water partition coefficient (Wildman–Crippen LogP) is 3.83. The van der Waals surface area contributed by atoms with Gasteiger partial charge in [0.05, 0.1) is 0 Å². The second-order valence-electron chi connectivity index (χ2n) is 3.19. The summed E-state index contributed by atoms with van der Waals surface area (Å²) in [6, 6.07) is 4.47. The lowest BCUT2D eigenvalue weighted by Gasteiger charge is -2.02. The zero-order chi connectivity index (χ0) is 9.68. The summed E-state index contributed by atoms with van der Waals surface area (Å²) in [5.41, 5.74) is 0. The van der Waals surface area contributed by atoms with Crippen LogP contribution in [0.15, 0.2) is 12.1 Å². The number of hydrogen-bond donors (Lipinski definition) is 0. The van der Waals surface area contributed by atoms with Gasteiger partial charge in [0.15, 0.2) is 0 Å². The van der Waals surface area contributed by atoms with Gasteiger partial charge in [-0.2, -0.15) is 0 Å². The van der Waals surface area contributed by atoms with Crippen LogP contribution in [0.2, 0.25) is 0 Å². The normalized spacial score (nSPS) is 11.9. The van der Waals surface area contributed by atoms with Gasteiger partial charge in [-0.05, 0) is 25.5 Å². The van der Waals surface area contributed by atoms with E-state index in [0.717, 1.165) is 12.8 Å². The first-order valence-corrected chi connectivity index (χ1v) is 5.57. The molecule has 0 aromatic carbocycles. The van der Waals surface area contributed by atoms with Crippen LogP contribution < -0.4 is 0 Å². The van der Waals surface area contributed by atoms with Crippen molar-refractivity contribution in [1.82, 2.24) is 0 Å². The number of thiophene rings is 1. The average Bonchev–Trinajstić information content (AvgIpc) is 2.62. The lowest BCUT2D eigenvalue weighted by atomic mass is 10.1. The zero-order valence-electron chi connectivity index (χ0n) is 8.55. The second-order valence-corrected chi connectivity index (χ2v) is 4.39. The fourth-order valence-electron chi connectivity index (χ4n) is 1.21. The maximum Gasteiger partial charge on any atom is 0.0163 e. The molecule has 0 amide bonds. The molecule has 0 saturated carbocycles. The summed E-state index contributed by atoms with van der Waals surface area (Å²) in [6.45, 7) is 6.35. The Morgan fingerprint density at radius 3 is 2.77 bits per heavy atom. The summed E-state index contributed by atoms with van der Waals surface area (Å²) in [5, 5.41) is 0. The largest absolute Gasteiger partial charge is 0.145 e. The molecule has 1 heterocycles. The van der Waals surface area contributed by atoms with Crippen LogP contribution in [0, 0.1) is 11.8 Å². The van der Waals surface area contributed by atoms with Crippen molar-refractivity contribution in [2.24, 2.45) is 0 Å². The first-order chi connectivity index (χ1) is 6.27. The van der Waals surface area contributed by atoms with Crippen LogP contribution >= 0.6 is 11.3 Å². The standard InChI is InChI=1S/C12H16S/c1-4-6-7-10(3)12-9-8-11(5-2)13-12/h8-10H,5,7H2,1-3H3. The SMILES string of the molecule is CC#CCC(C)c1ccc(CC)s1. The molecule has 1 aromatic rings. The molecule has 0 bridgehead atoms. The van der Waals surface area contributed by atoms with E-state index in [1.54, 1.807) is 0 Å². The molecular weight excluding hydrogens is 176 g/mol. The number of aryl methyl sites for hydroxylation is 1. The van der Waals surface area contributed by atoms with Gasteiger partial charge < -0.3 is 0 Å². The molecule has 13 heavy (non-hydrogen) atoms. The van der Waals surface area contributed by atoms with Gasteiger partial charge in [0.25, 0.3) is 0 Å². The lowest BCUT2D eigenvalue weighted by Crippen LogP contribution is -1.86. The third kappa shape index (κ3) is 2.90. The van der Waals surface area contributed by atoms with Gasteiger partial charge in [-0.3, -0.25) is 0 Å². The van der Waals surface area contributed by atoms with Gasteiger partial charge in [0.1, 0.15) is 0 Å². The Balaban J connectivity index is 2.63. The molecule has 1 rings (SSSR count). The van der Waals surface area contributed by atoms with Crippen LogP contribution in [0.5, 0.6) is 0 Å². The van der Waals surface area contributed by atoms with Crippen molar-refractivity contribution < 1.29 is 0 Å². The van der Waals surface area contributed by atoms with Crippen LogP contribution in [0.25, 0.3) is 0 Å². The molecule has 1 heteroatoms. The van der Waals surface area contributed by atoms with E-state index >= 15 is 0 Å². The summed E-state index contributed by atoms with van der Waals surface area (Å²) >= 11 is 1.92. The second kappa shape index (κ2) is 5.09. The van der Waals surface area contributed by atoms with E-state index in [0.29, 0.717) is 5.92 Å². The third-order valence-electron chi connectivity index (χ3n) is 2.10. The molecule has 0 radical (unpaired) electrons. The molecule has 0 aliphatic heterocycles. The van der Waals surface area contributed by atoms with Gasteiger partial charge in [-0.1, -0.05) is 13.8 Å². The molecule has 0 N–H and O–H groups in total. The third-order valence-corrected chi connectivity index (χ3v) is 3.56. The van der Waals surface area contributed by atoms with E-state index < -0.39 is 0 Å². The van der Waals surface area contributed by atoms with Gasteiger partial charge in [-0.15, -0.1) is 23.2 Å². The van der Waals surface area contributed by atoms with E-state index in [1.165, 1.54) is 9.75 Å². The number of rotatable bonds is 3. The fraction of sp³-hybridized carbons (Fsp3) is 0.500. The zero-order valence-corrected chi connectivity index (χ0v) is 9.37. The molecule has 0 aliphatic carbocycles. The molecule has 1 unspecified atom stereocenters. The Morgan fingerprint density at radius 1 is 1.46 bits per heavy atom. The molecule has 0 aliphatic rings. The minimum Gasteiger partial charge on any atom is -0.145 e. The van der Waals surface area contributed by atoms with Crippen molar-refractivity contribution in [1.29, 1.82) is 0 Å². The highest BCUT2D eigenvalue weighted by molar-refractivity contribution is 7.12. The first-order valence-electron chi connectivity index (χ1n) is 4.76. The molecule has 0 nitrogen and oxygen atoms in total. The lowest BCUT2D eigenvalue weighted by molar-refractivity contribution is 0.814. The molecule has 1 atom stereocenters. The summed E-state index contributed by atoms with van der Waals surface area (Å²) in [4.78, 5) is 2.95. The molecular formula is C12H16S. The average molecular weight is 192 g/mol. The van der Waals surface area contributed by atoms with Crippen molar-refractivity contribution in [2.45, 2.75) is 39.5 Å². The maximum absolute atomic E-state index is 3.13. The smallest absolute Gasteiger partial charge is 0.0163 e. The van der Waals surface area contributed by atoms with E-state index in [2.05, 4.69) is 37.8 Å². The Hall–Kier alpha value is -0.740. The molecule has 70 valence electrons. The summed E-state index contributed by atoms with van der Waals surface area (Å²) in [5.74, 6) is 6.67. The molecule has 1 aromatic heterocycles. The van der Waals surface area contributed by atoms with Gasteiger partial charge in [-0.25, -0.2) is 0 Å². The Morgan fingerprint density at radius 2 is 2.23 bits per heavy atom. The minimum absolute atomic E-state index is 0.595. The van der Waals surface area contributed by atoms with E-state index in [-0.39, 0.29) is 0 Å². The monoisotopic (exact) mass is 192 g/mol. The van der Waals surface area contributed by atoms with Crippen molar-refractivity contribution in [3.05, 3.63) is 21.9 Å². The van der Waals surface area contributed by atoms with E-state index in [9.17, 15) is 0 Å². The Bertz CT molecular complexity index is 311. The summed E-state index contributed by atoms with van der Waals surface area (Å²) in [7, 11) is 0. The highest BCUT2D eigenvalue weighted by atomic mass is 32.1. The quantitative estimate of drug-likeness (QED) is 0.638. The maximum atomic E-state index is 3.13. The molecule has 0 fully saturated rings. The molecule has 0 spiro atoms. The van der Waals surface area contributed by atoms with E-state index in [4.69, 9.17) is 0 Å². The van der Waals surface area contributed by atoms with Crippen molar-refractivity contribution in [3.63, 3.8) is 0 Å². The van der Waals surface area contributed by atoms with Crippen LogP contribution in [-0.2, 0) is 6.42 Å². The van der Waals surface area contributed by atoms with Crippen LogP contribution in [-0.4, -0.2) is 0 Å². The number of hydrogen-bond acceptors (Lipinski definition) is 1. The van der Waals surface area contributed by atoms with Gasteiger partial charge in [0, 0.05) is 22.1 Å². The topological polar surface area (TPSA) is 0 Å². The van der Waals surface area contributed by atoms with Crippen LogP contribution in [0.1, 0.15) is 42.9 Å². The van der Waals surface area contributed by atoms with Gasteiger partial charge in [0.2, 0.25) is 0 Å². The Labute approximate surface area is 85.0 Å². The Kier molecular flexibility index (Phi) is 4.05. The van der Waals surface area contributed by atoms with Crippen LogP contribution in [0.4, 0.5) is 0 Å². The van der Waals surface area contributed by atoms with E-state index in [1.807, 2.05) is 18.3 Å². The minimum atomic E-state index is 0.595. The highest BCUT2D eigenvalue weighted by Gasteiger charge is 2.06.